The van der Waals surface area contributed by atoms with E-state index in [1.165, 1.54) is 10.5 Å². The lowest BCUT2D eigenvalue weighted by Crippen LogP contribution is -2.51. The van der Waals surface area contributed by atoms with Crippen molar-refractivity contribution in [2.24, 2.45) is 0 Å². The highest BCUT2D eigenvalue weighted by Crippen LogP contribution is 2.33. The predicted molar refractivity (Wildman–Crippen MR) is 122 cm³/mol. The van der Waals surface area contributed by atoms with E-state index in [1.54, 1.807) is 23.2 Å². The summed E-state index contributed by atoms with van der Waals surface area (Å²) in [7, 11) is -3.73. The summed E-state index contributed by atoms with van der Waals surface area (Å²) in [4.78, 5) is 48.0. The SMILES string of the molecule is O=C(CCN1C(=O)NC2(CCCCC2)C1=O)N1CCN(S(=O)(=O)c2c[nH]c3ncccc23)CC1. The zero-order valence-corrected chi connectivity index (χ0v) is 19.6. The highest BCUT2D eigenvalue weighted by atomic mass is 32.2. The normalized spacial score (nSPS) is 21.4. The van der Waals surface area contributed by atoms with Gasteiger partial charge in [-0.3, -0.25) is 14.5 Å². The number of pyridine rings is 1. The van der Waals surface area contributed by atoms with Gasteiger partial charge in [-0.15, -0.1) is 0 Å². The molecule has 1 spiro atoms. The number of carbonyl (C=O) groups excluding carboxylic acids is 3. The van der Waals surface area contributed by atoms with Gasteiger partial charge in [-0.1, -0.05) is 19.3 Å². The van der Waals surface area contributed by atoms with Crippen molar-refractivity contribution in [3.05, 3.63) is 24.5 Å². The molecule has 2 saturated heterocycles. The van der Waals surface area contributed by atoms with Crippen LogP contribution in [0, 0.1) is 0 Å². The summed E-state index contributed by atoms with van der Waals surface area (Å²) >= 11 is 0. The number of sulfonamides is 1. The van der Waals surface area contributed by atoms with Crippen molar-refractivity contribution in [3.8, 4) is 0 Å². The van der Waals surface area contributed by atoms with Crippen LogP contribution in [0.15, 0.2) is 29.4 Å². The van der Waals surface area contributed by atoms with Gasteiger partial charge in [0.15, 0.2) is 0 Å². The van der Waals surface area contributed by atoms with Gasteiger partial charge in [0.2, 0.25) is 15.9 Å². The van der Waals surface area contributed by atoms with Gasteiger partial charge in [0.05, 0.1) is 0 Å². The minimum Gasteiger partial charge on any atom is -0.345 e. The van der Waals surface area contributed by atoms with E-state index in [0.29, 0.717) is 23.9 Å². The molecule has 2 aromatic heterocycles. The number of piperazine rings is 1. The second-order valence-electron chi connectivity index (χ2n) is 9.12. The Balaban J connectivity index is 1.17. The van der Waals surface area contributed by atoms with E-state index in [4.69, 9.17) is 0 Å². The minimum atomic E-state index is -3.73. The van der Waals surface area contributed by atoms with Crippen molar-refractivity contribution in [3.63, 3.8) is 0 Å². The molecule has 4 amide bonds. The number of carbonyl (C=O) groups is 3. The Morgan fingerprint density at radius 1 is 1.09 bits per heavy atom. The summed E-state index contributed by atoms with van der Waals surface area (Å²) in [6.45, 7) is 0.887. The molecule has 34 heavy (non-hydrogen) atoms. The first-order valence-corrected chi connectivity index (χ1v) is 13.1. The van der Waals surface area contributed by atoms with E-state index in [1.807, 2.05) is 0 Å². The first kappa shape index (κ1) is 22.8. The molecule has 1 saturated carbocycles. The molecular formula is C22H28N6O5S. The molecular weight excluding hydrogens is 460 g/mol. The summed E-state index contributed by atoms with van der Waals surface area (Å²) in [6.07, 6.45) is 7.21. The third-order valence-electron chi connectivity index (χ3n) is 7.12. The maximum Gasteiger partial charge on any atom is 0.325 e. The number of nitrogens with zero attached hydrogens (tertiary/aromatic N) is 4. The predicted octanol–water partition coefficient (Wildman–Crippen LogP) is 1.04. The molecule has 12 heteroatoms. The number of nitrogens with one attached hydrogen (secondary N) is 2. The number of aromatic amines is 1. The lowest BCUT2D eigenvalue weighted by molar-refractivity contribution is -0.135. The van der Waals surface area contributed by atoms with Crippen LogP contribution in [-0.2, 0) is 19.6 Å². The van der Waals surface area contributed by atoms with E-state index in [0.717, 1.165) is 24.2 Å². The second-order valence-corrected chi connectivity index (χ2v) is 11.0. The molecule has 2 aliphatic heterocycles. The summed E-state index contributed by atoms with van der Waals surface area (Å²) in [5.74, 6) is -0.423. The molecule has 0 bridgehead atoms. The Hall–Kier alpha value is -2.99. The molecule has 1 aliphatic carbocycles. The largest absolute Gasteiger partial charge is 0.345 e. The van der Waals surface area contributed by atoms with E-state index < -0.39 is 21.6 Å². The average Bonchev–Trinajstić information content (AvgIpc) is 3.38. The van der Waals surface area contributed by atoms with Crippen molar-refractivity contribution in [2.45, 2.75) is 49.0 Å². The average molecular weight is 489 g/mol. The molecule has 11 nitrogen and oxygen atoms in total. The topological polar surface area (TPSA) is 136 Å². The van der Waals surface area contributed by atoms with Gasteiger partial charge >= 0.3 is 6.03 Å². The summed E-state index contributed by atoms with van der Waals surface area (Å²) in [5.41, 5.74) is -0.290. The number of amides is 4. The maximum absolute atomic E-state index is 13.1. The fourth-order valence-corrected chi connectivity index (χ4v) is 6.77. The summed E-state index contributed by atoms with van der Waals surface area (Å²) in [6, 6.07) is 2.97. The third kappa shape index (κ3) is 3.84. The zero-order chi connectivity index (χ0) is 23.9. The van der Waals surface area contributed by atoms with Gasteiger partial charge in [-0.2, -0.15) is 4.31 Å². The molecule has 2 N–H and O–H groups in total. The molecule has 0 unspecified atom stereocenters. The molecule has 5 rings (SSSR count). The fourth-order valence-electron chi connectivity index (χ4n) is 5.20. The minimum absolute atomic E-state index is 0.0239. The van der Waals surface area contributed by atoms with Crippen LogP contribution in [0.1, 0.15) is 38.5 Å². The number of fused-ring (bicyclic) bond motifs is 1. The van der Waals surface area contributed by atoms with Gasteiger partial charge in [0.25, 0.3) is 5.91 Å². The van der Waals surface area contributed by atoms with Crippen LogP contribution in [0.25, 0.3) is 11.0 Å². The van der Waals surface area contributed by atoms with Gasteiger partial charge in [0, 0.05) is 56.9 Å². The van der Waals surface area contributed by atoms with Crippen molar-refractivity contribution in [2.75, 3.05) is 32.7 Å². The first-order chi connectivity index (χ1) is 16.3. The molecule has 0 radical (unpaired) electrons. The van der Waals surface area contributed by atoms with Crippen LogP contribution in [0.3, 0.4) is 0 Å². The molecule has 4 heterocycles. The number of H-pyrrole nitrogens is 1. The third-order valence-corrected chi connectivity index (χ3v) is 9.06. The van der Waals surface area contributed by atoms with E-state index in [9.17, 15) is 22.8 Å². The van der Waals surface area contributed by atoms with Crippen LogP contribution in [0.5, 0.6) is 0 Å². The van der Waals surface area contributed by atoms with Crippen LogP contribution in [-0.4, -0.2) is 88.6 Å². The Bertz CT molecular complexity index is 1230. The Kier molecular flexibility index (Phi) is 5.80. The molecule has 182 valence electrons. The first-order valence-electron chi connectivity index (χ1n) is 11.7. The fraction of sp³-hybridized carbons (Fsp3) is 0.545. The molecule has 0 atom stereocenters. The van der Waals surface area contributed by atoms with Crippen LogP contribution in [0.4, 0.5) is 4.79 Å². The highest BCUT2D eigenvalue weighted by Gasteiger charge is 2.51. The van der Waals surface area contributed by atoms with Crippen LogP contribution >= 0.6 is 0 Å². The number of hydrogen-bond donors (Lipinski definition) is 2. The molecule has 3 aliphatic rings. The Morgan fingerprint density at radius 2 is 1.82 bits per heavy atom. The van der Waals surface area contributed by atoms with Gasteiger partial charge in [0.1, 0.15) is 16.1 Å². The standard InChI is InChI=1S/C22H28N6O5S/c29-18(6-10-28-20(30)22(25-21(28)31)7-2-1-3-8-22)26-11-13-27(14-12-26)34(32,33)17-15-24-19-16(17)5-4-9-23-19/h4-5,9,15H,1-3,6-8,10-14H2,(H,23,24)(H,25,31). The van der Waals surface area contributed by atoms with Crippen LogP contribution in [0.2, 0.25) is 0 Å². The lowest BCUT2D eigenvalue weighted by Gasteiger charge is -2.34. The number of urea groups is 1. The summed E-state index contributed by atoms with van der Waals surface area (Å²) < 4.78 is 27.7. The van der Waals surface area contributed by atoms with E-state index in [2.05, 4.69) is 15.3 Å². The Labute approximate surface area is 197 Å². The number of imide groups is 1. The smallest absolute Gasteiger partial charge is 0.325 e. The molecule has 3 fully saturated rings. The quantitative estimate of drug-likeness (QED) is 0.604. The molecule has 0 aromatic carbocycles. The highest BCUT2D eigenvalue weighted by molar-refractivity contribution is 7.89. The van der Waals surface area contributed by atoms with Crippen LogP contribution < -0.4 is 5.32 Å². The van der Waals surface area contributed by atoms with Gasteiger partial charge < -0.3 is 15.2 Å². The lowest BCUT2D eigenvalue weighted by atomic mass is 9.82. The van der Waals surface area contributed by atoms with Crippen molar-refractivity contribution in [1.29, 1.82) is 0 Å². The van der Waals surface area contributed by atoms with Crippen molar-refractivity contribution in [1.82, 2.24) is 29.4 Å². The van der Waals surface area contributed by atoms with E-state index >= 15 is 0 Å². The Morgan fingerprint density at radius 3 is 2.56 bits per heavy atom. The number of aromatic nitrogens is 2. The maximum atomic E-state index is 13.1. The molecule has 2 aromatic rings. The van der Waals surface area contributed by atoms with Gasteiger partial charge in [-0.25, -0.2) is 18.2 Å². The van der Waals surface area contributed by atoms with Crippen molar-refractivity contribution < 1.29 is 22.8 Å². The van der Waals surface area contributed by atoms with Gasteiger partial charge in [-0.05, 0) is 25.0 Å². The second kappa shape index (κ2) is 8.66. The summed E-state index contributed by atoms with van der Waals surface area (Å²) in [5, 5.41) is 3.39. The van der Waals surface area contributed by atoms with Crippen molar-refractivity contribution >= 4 is 38.9 Å². The number of hydrogen-bond acceptors (Lipinski definition) is 6. The number of rotatable bonds is 5. The monoisotopic (exact) mass is 488 g/mol. The zero-order valence-electron chi connectivity index (χ0n) is 18.8. The van der Waals surface area contributed by atoms with E-state index in [-0.39, 0.29) is 55.9 Å².